The third-order valence-corrected chi connectivity index (χ3v) is 11.9. The highest BCUT2D eigenvalue weighted by molar-refractivity contribution is 9.10. The molecule has 0 unspecified atom stereocenters. The molecule has 2 aliphatic heterocycles. The lowest BCUT2D eigenvalue weighted by molar-refractivity contribution is 0.00578. The number of rotatable bonds is 4. The molecule has 0 amide bonds. The van der Waals surface area contributed by atoms with Crippen LogP contribution in [0.3, 0.4) is 0 Å². The van der Waals surface area contributed by atoms with Gasteiger partial charge in [0, 0.05) is 9.50 Å². The Balaban J connectivity index is 0.000000196. The fourth-order valence-corrected chi connectivity index (χ4v) is 7.20. The molecule has 8 heteroatoms. The minimum absolute atomic E-state index is 0.370. The van der Waals surface area contributed by atoms with Gasteiger partial charge in [-0.15, -0.1) is 0 Å². The molecule has 2 aliphatic rings. The van der Waals surface area contributed by atoms with Crippen LogP contribution in [0.1, 0.15) is 55.4 Å². The molecule has 0 N–H and O–H groups in total. The maximum atomic E-state index is 6.31. The van der Waals surface area contributed by atoms with Gasteiger partial charge < -0.3 is 18.6 Å². The Kier molecular flexibility index (Phi) is 9.78. The maximum Gasteiger partial charge on any atom is 0.494 e. The van der Waals surface area contributed by atoms with E-state index in [1.165, 1.54) is 27.1 Å². The molecule has 2 heterocycles. The summed E-state index contributed by atoms with van der Waals surface area (Å²) in [5, 5.41) is 5.57. The largest absolute Gasteiger partial charge is 0.494 e. The Hall–Kier alpha value is -3.42. The van der Waals surface area contributed by atoms with Gasteiger partial charge in [0.25, 0.3) is 0 Å². The number of halogens is 2. The van der Waals surface area contributed by atoms with Crippen LogP contribution in [0.5, 0.6) is 0 Å². The van der Waals surface area contributed by atoms with Gasteiger partial charge in [0.1, 0.15) is 0 Å². The lowest BCUT2D eigenvalue weighted by Crippen LogP contribution is -2.41. The molecule has 6 aromatic rings. The van der Waals surface area contributed by atoms with Gasteiger partial charge in [-0.3, -0.25) is 0 Å². The average Bonchev–Trinajstić information content (AvgIpc) is 3.47. The molecule has 0 aliphatic carbocycles. The lowest BCUT2D eigenvalue weighted by atomic mass is 9.76. The van der Waals surface area contributed by atoms with Crippen LogP contribution in [0.4, 0.5) is 0 Å². The molecule has 2 saturated heterocycles. The van der Waals surface area contributed by atoms with Crippen LogP contribution >= 0.6 is 27.5 Å². The van der Waals surface area contributed by atoms with Crippen LogP contribution in [0.2, 0.25) is 5.02 Å². The van der Waals surface area contributed by atoms with Crippen molar-refractivity contribution in [3.05, 3.63) is 131 Å². The van der Waals surface area contributed by atoms with Crippen molar-refractivity contribution in [1.82, 2.24) is 0 Å². The maximum absolute atomic E-state index is 6.31. The predicted octanol–water partition coefficient (Wildman–Crippen LogP) is 11.0. The SMILES string of the molecule is CC1(C)OB(c2cccc(-c3cccc4ccc(B5OC(C)(C)C(C)(C)O5)cc34)c2)OC1(C)C.Clc1cccc(-c2cccc3ccc(Br)cc23)c1. The van der Waals surface area contributed by atoms with Crippen molar-refractivity contribution >= 4 is 74.2 Å². The van der Waals surface area contributed by atoms with E-state index in [-0.39, 0.29) is 29.5 Å². The van der Waals surface area contributed by atoms with E-state index in [0.717, 1.165) is 37.1 Å². The Labute approximate surface area is 322 Å². The van der Waals surface area contributed by atoms with Gasteiger partial charge in [0.05, 0.1) is 22.4 Å². The molecule has 4 nitrogen and oxygen atoms in total. The average molecular weight is 774 g/mol. The summed E-state index contributed by atoms with van der Waals surface area (Å²) in [6.45, 7) is 16.7. The molecule has 0 radical (unpaired) electrons. The second kappa shape index (κ2) is 13.8. The summed E-state index contributed by atoms with van der Waals surface area (Å²) in [7, 11) is -0.779. The van der Waals surface area contributed by atoms with E-state index in [2.05, 4.69) is 174 Å². The van der Waals surface area contributed by atoms with Gasteiger partial charge in [0.2, 0.25) is 0 Å². The second-order valence-electron chi connectivity index (χ2n) is 15.8. The van der Waals surface area contributed by atoms with Crippen LogP contribution in [-0.4, -0.2) is 36.6 Å². The van der Waals surface area contributed by atoms with Gasteiger partial charge >= 0.3 is 14.2 Å². The van der Waals surface area contributed by atoms with Gasteiger partial charge in [-0.05, 0) is 134 Å². The molecule has 0 saturated carbocycles. The summed E-state index contributed by atoms with van der Waals surface area (Å²) in [6.07, 6.45) is 0. The van der Waals surface area contributed by atoms with Crippen LogP contribution in [0.25, 0.3) is 43.8 Å². The zero-order chi connectivity index (χ0) is 37.1. The Bertz CT molecular complexity index is 2250. The summed E-state index contributed by atoms with van der Waals surface area (Å²) in [6, 6.07) is 42.0. The minimum atomic E-state index is -0.390. The van der Waals surface area contributed by atoms with Gasteiger partial charge in [-0.2, -0.15) is 0 Å². The van der Waals surface area contributed by atoms with Crippen molar-refractivity contribution in [2.45, 2.75) is 77.8 Å². The normalized spacial score (nSPS) is 18.4. The van der Waals surface area contributed by atoms with Crippen LogP contribution in [0.15, 0.2) is 126 Å². The van der Waals surface area contributed by atoms with Crippen molar-refractivity contribution in [2.75, 3.05) is 0 Å². The molecular formula is C44H44B2BrClO4. The topological polar surface area (TPSA) is 36.9 Å². The van der Waals surface area contributed by atoms with E-state index in [1.54, 1.807) is 0 Å². The number of benzene rings is 6. The lowest BCUT2D eigenvalue weighted by Gasteiger charge is -2.32. The van der Waals surface area contributed by atoms with E-state index in [4.69, 9.17) is 30.2 Å². The monoisotopic (exact) mass is 772 g/mol. The van der Waals surface area contributed by atoms with Crippen LogP contribution < -0.4 is 10.9 Å². The number of fused-ring (bicyclic) bond motifs is 2. The Morgan fingerprint density at radius 1 is 0.462 bits per heavy atom. The van der Waals surface area contributed by atoms with E-state index in [0.29, 0.717) is 0 Å². The molecule has 264 valence electrons. The predicted molar refractivity (Wildman–Crippen MR) is 223 cm³/mol. The van der Waals surface area contributed by atoms with Crippen molar-refractivity contribution < 1.29 is 18.6 Å². The third-order valence-electron chi connectivity index (χ3n) is 11.1. The Morgan fingerprint density at radius 2 is 0.904 bits per heavy atom. The van der Waals surface area contributed by atoms with Crippen molar-refractivity contribution in [2.24, 2.45) is 0 Å². The van der Waals surface area contributed by atoms with Gasteiger partial charge in [-0.1, -0.05) is 125 Å². The highest BCUT2D eigenvalue weighted by Gasteiger charge is 2.52. The Morgan fingerprint density at radius 3 is 1.44 bits per heavy atom. The van der Waals surface area contributed by atoms with E-state index < -0.39 is 7.12 Å². The first-order valence-corrected chi connectivity index (χ1v) is 19.0. The zero-order valence-corrected chi connectivity index (χ0v) is 33.4. The smallest absolute Gasteiger partial charge is 0.399 e. The molecule has 0 spiro atoms. The minimum Gasteiger partial charge on any atom is -0.399 e. The van der Waals surface area contributed by atoms with Crippen molar-refractivity contribution in [3.63, 3.8) is 0 Å². The molecular weight excluding hydrogens is 729 g/mol. The molecule has 2 fully saturated rings. The summed E-state index contributed by atoms with van der Waals surface area (Å²) < 4.78 is 26.3. The first-order valence-electron chi connectivity index (χ1n) is 17.8. The summed E-state index contributed by atoms with van der Waals surface area (Å²) in [4.78, 5) is 0. The zero-order valence-electron chi connectivity index (χ0n) is 31.1. The summed E-state index contributed by atoms with van der Waals surface area (Å²) in [5.74, 6) is 0. The first-order chi connectivity index (χ1) is 24.5. The molecule has 8 rings (SSSR count). The second-order valence-corrected chi connectivity index (χ2v) is 17.1. The highest BCUT2D eigenvalue weighted by atomic mass is 79.9. The van der Waals surface area contributed by atoms with E-state index in [9.17, 15) is 0 Å². The molecule has 52 heavy (non-hydrogen) atoms. The molecule has 0 atom stereocenters. The quantitative estimate of drug-likeness (QED) is 0.167. The van der Waals surface area contributed by atoms with Crippen LogP contribution in [0, 0.1) is 0 Å². The fourth-order valence-electron chi connectivity index (χ4n) is 6.65. The first kappa shape index (κ1) is 36.9. The molecule has 0 bridgehead atoms. The highest BCUT2D eigenvalue weighted by Crippen LogP contribution is 2.39. The van der Waals surface area contributed by atoms with Gasteiger partial charge in [-0.25, -0.2) is 0 Å². The van der Waals surface area contributed by atoms with Crippen molar-refractivity contribution in [1.29, 1.82) is 0 Å². The van der Waals surface area contributed by atoms with Crippen molar-refractivity contribution in [3.8, 4) is 22.3 Å². The van der Waals surface area contributed by atoms with E-state index >= 15 is 0 Å². The fraction of sp³-hybridized carbons (Fsp3) is 0.273. The number of hydrogen-bond donors (Lipinski definition) is 0. The van der Waals surface area contributed by atoms with Crippen LogP contribution in [-0.2, 0) is 18.6 Å². The summed E-state index contributed by atoms with van der Waals surface area (Å²) >= 11 is 9.60. The standard InChI is InChI=1S/C28H34B2O4.C16H10BrCl/c1-25(2)26(3,4)32-29(31-25)21-13-9-12-20(17-21)23-14-10-11-19-15-16-22(18-24(19)23)30-33-27(5,6)28(7,8)34-30;17-13-8-7-11-3-2-6-15(16(11)10-13)12-4-1-5-14(18)9-12/h9-18H,1-8H3;1-10H. The molecule has 6 aromatic carbocycles. The third kappa shape index (κ3) is 7.12. The molecule has 0 aromatic heterocycles. The summed E-state index contributed by atoms with van der Waals surface area (Å²) in [5.41, 5.74) is 5.21. The van der Waals surface area contributed by atoms with E-state index in [1.807, 2.05) is 18.2 Å². The number of hydrogen-bond acceptors (Lipinski definition) is 4. The van der Waals surface area contributed by atoms with Gasteiger partial charge in [0.15, 0.2) is 0 Å².